The summed E-state index contributed by atoms with van der Waals surface area (Å²) in [4.78, 5) is 27.3. The number of imidazole rings is 1. The van der Waals surface area contributed by atoms with E-state index in [4.69, 9.17) is 9.47 Å². The van der Waals surface area contributed by atoms with Gasteiger partial charge in [0.1, 0.15) is 10.2 Å². The smallest absolute Gasteiger partial charge is 0.407 e. The van der Waals surface area contributed by atoms with Gasteiger partial charge in [-0.3, -0.25) is 0 Å². The number of hydrogen-bond donors (Lipinski definition) is 1. The molecule has 1 amide bonds. The van der Waals surface area contributed by atoms with Gasteiger partial charge in [0.05, 0.1) is 12.8 Å². The molecular weight excluding hydrogens is 354 g/mol. The van der Waals surface area contributed by atoms with Gasteiger partial charge in [-0.15, -0.1) is 0 Å². The number of carbonyl (C=O) groups excluding carboxylic acids is 2. The minimum atomic E-state index is -0.519. The summed E-state index contributed by atoms with van der Waals surface area (Å²) >= 11 is 3.34. The highest BCUT2D eigenvalue weighted by molar-refractivity contribution is 9.10. The molecule has 0 aliphatic carbocycles. The Bertz CT molecular complexity index is 523. The van der Waals surface area contributed by atoms with E-state index in [0.717, 1.165) is 0 Å². The first-order valence-electron chi connectivity index (χ1n) is 7.09. The van der Waals surface area contributed by atoms with Crippen LogP contribution in [0.1, 0.15) is 44.7 Å². The average molecular weight is 376 g/mol. The number of nitrogens with one attached hydrogen (secondary N) is 1. The maximum atomic E-state index is 11.8. The van der Waals surface area contributed by atoms with Crippen molar-refractivity contribution in [3.8, 4) is 0 Å². The summed E-state index contributed by atoms with van der Waals surface area (Å²) < 4.78 is 12.5. The molecule has 0 saturated heterocycles. The summed E-state index contributed by atoms with van der Waals surface area (Å²) in [6.45, 7) is 8.41. The van der Waals surface area contributed by atoms with Crippen molar-refractivity contribution < 1.29 is 19.1 Å². The Balaban J connectivity index is 2.47. The van der Waals surface area contributed by atoms with Crippen LogP contribution in [-0.4, -0.2) is 40.4 Å². The lowest BCUT2D eigenvalue weighted by atomic mass is 10.2. The standard InChI is InChI=1S/C14H22BrN3O4/c1-5-21-12(19)11-17-9-10(15)18(11)8-6-7-16-13(20)22-14(2,3)4/h9H,5-8H2,1-4H3,(H,16,20). The zero-order valence-electron chi connectivity index (χ0n) is 13.3. The third-order valence-electron chi connectivity index (χ3n) is 2.49. The molecule has 0 aliphatic heterocycles. The molecule has 1 heterocycles. The van der Waals surface area contributed by atoms with E-state index in [2.05, 4.69) is 26.2 Å². The first-order valence-corrected chi connectivity index (χ1v) is 7.89. The minimum Gasteiger partial charge on any atom is -0.460 e. The molecule has 1 aromatic rings. The summed E-state index contributed by atoms with van der Waals surface area (Å²) in [6.07, 6.45) is 1.72. The van der Waals surface area contributed by atoms with Crippen LogP contribution in [0.2, 0.25) is 0 Å². The van der Waals surface area contributed by atoms with Gasteiger partial charge in [-0.2, -0.15) is 0 Å². The zero-order chi connectivity index (χ0) is 16.8. The Morgan fingerprint density at radius 2 is 2.09 bits per heavy atom. The Morgan fingerprint density at radius 3 is 2.68 bits per heavy atom. The van der Waals surface area contributed by atoms with Gasteiger partial charge in [0.2, 0.25) is 5.82 Å². The lowest BCUT2D eigenvalue weighted by molar-refractivity contribution is 0.0497. The Hall–Kier alpha value is -1.57. The molecule has 1 aromatic heterocycles. The third-order valence-corrected chi connectivity index (χ3v) is 3.12. The minimum absolute atomic E-state index is 0.242. The molecule has 0 aliphatic rings. The largest absolute Gasteiger partial charge is 0.460 e. The van der Waals surface area contributed by atoms with Gasteiger partial charge in [-0.1, -0.05) is 0 Å². The third kappa shape index (κ3) is 6.05. The van der Waals surface area contributed by atoms with Crippen LogP contribution in [-0.2, 0) is 16.0 Å². The number of amides is 1. The van der Waals surface area contributed by atoms with Crippen molar-refractivity contribution in [2.45, 2.75) is 46.3 Å². The molecule has 0 aromatic carbocycles. The van der Waals surface area contributed by atoms with Crippen LogP contribution in [0.5, 0.6) is 0 Å². The molecule has 8 heteroatoms. The van der Waals surface area contributed by atoms with Crippen LogP contribution in [0.25, 0.3) is 0 Å². The van der Waals surface area contributed by atoms with Gasteiger partial charge in [0.25, 0.3) is 0 Å². The van der Waals surface area contributed by atoms with Crippen LogP contribution in [0.3, 0.4) is 0 Å². The lowest BCUT2D eigenvalue weighted by Crippen LogP contribution is -2.33. The molecule has 0 saturated carbocycles. The number of esters is 1. The van der Waals surface area contributed by atoms with Gasteiger partial charge in [-0.05, 0) is 50.0 Å². The normalized spacial score (nSPS) is 11.1. The molecular formula is C14H22BrN3O4. The van der Waals surface area contributed by atoms with E-state index in [-0.39, 0.29) is 5.82 Å². The number of alkyl carbamates (subject to hydrolysis) is 1. The topological polar surface area (TPSA) is 82.5 Å². The molecule has 0 spiro atoms. The highest BCUT2D eigenvalue weighted by Crippen LogP contribution is 2.14. The van der Waals surface area contributed by atoms with Gasteiger partial charge in [0, 0.05) is 13.1 Å². The van der Waals surface area contributed by atoms with E-state index in [0.29, 0.717) is 30.7 Å². The first-order chi connectivity index (χ1) is 10.2. The predicted octanol–water partition coefficient (Wildman–Crippen LogP) is 2.74. The number of rotatable bonds is 6. The molecule has 0 atom stereocenters. The van der Waals surface area contributed by atoms with Crippen molar-refractivity contribution in [2.75, 3.05) is 13.2 Å². The van der Waals surface area contributed by atoms with E-state index in [1.165, 1.54) is 0 Å². The molecule has 0 bridgehead atoms. The second kappa shape index (κ2) is 8.17. The van der Waals surface area contributed by atoms with E-state index in [9.17, 15) is 9.59 Å². The van der Waals surface area contributed by atoms with Gasteiger partial charge in [-0.25, -0.2) is 14.6 Å². The molecule has 124 valence electrons. The average Bonchev–Trinajstić information content (AvgIpc) is 2.74. The summed E-state index contributed by atoms with van der Waals surface area (Å²) in [5, 5.41) is 2.67. The van der Waals surface area contributed by atoms with Crippen molar-refractivity contribution in [1.29, 1.82) is 0 Å². The highest BCUT2D eigenvalue weighted by atomic mass is 79.9. The fourth-order valence-electron chi connectivity index (χ4n) is 1.67. The monoisotopic (exact) mass is 375 g/mol. The lowest BCUT2D eigenvalue weighted by Gasteiger charge is -2.19. The van der Waals surface area contributed by atoms with Crippen molar-refractivity contribution in [2.24, 2.45) is 0 Å². The van der Waals surface area contributed by atoms with E-state index in [1.54, 1.807) is 38.5 Å². The van der Waals surface area contributed by atoms with Gasteiger partial charge < -0.3 is 19.4 Å². The molecule has 1 rings (SSSR count). The second-order valence-corrected chi connectivity index (χ2v) is 6.37. The summed E-state index contributed by atoms with van der Waals surface area (Å²) in [5.41, 5.74) is -0.519. The predicted molar refractivity (Wildman–Crippen MR) is 84.7 cm³/mol. The van der Waals surface area contributed by atoms with E-state index < -0.39 is 17.7 Å². The number of halogens is 1. The van der Waals surface area contributed by atoms with Crippen molar-refractivity contribution in [3.05, 3.63) is 16.6 Å². The zero-order valence-corrected chi connectivity index (χ0v) is 14.9. The van der Waals surface area contributed by atoms with Crippen molar-refractivity contribution >= 4 is 28.0 Å². The molecule has 0 fully saturated rings. The number of aromatic nitrogens is 2. The van der Waals surface area contributed by atoms with Crippen molar-refractivity contribution in [3.63, 3.8) is 0 Å². The Kier molecular flexibility index (Phi) is 6.86. The Labute approximate surface area is 138 Å². The molecule has 22 heavy (non-hydrogen) atoms. The van der Waals surface area contributed by atoms with Crippen molar-refractivity contribution in [1.82, 2.24) is 14.9 Å². The Morgan fingerprint density at radius 1 is 1.41 bits per heavy atom. The number of carbonyl (C=O) groups is 2. The van der Waals surface area contributed by atoms with Crippen LogP contribution in [0.4, 0.5) is 4.79 Å². The van der Waals surface area contributed by atoms with E-state index >= 15 is 0 Å². The van der Waals surface area contributed by atoms with Crippen LogP contribution in [0.15, 0.2) is 10.8 Å². The maximum absolute atomic E-state index is 11.8. The summed E-state index contributed by atoms with van der Waals surface area (Å²) in [5.74, 6) is -0.223. The number of nitrogens with zero attached hydrogens (tertiary/aromatic N) is 2. The molecule has 1 N–H and O–H groups in total. The SMILES string of the molecule is CCOC(=O)c1ncc(Br)n1CCCNC(=O)OC(C)(C)C. The van der Waals surface area contributed by atoms with Crippen LogP contribution < -0.4 is 5.32 Å². The highest BCUT2D eigenvalue weighted by Gasteiger charge is 2.18. The molecule has 0 radical (unpaired) electrons. The summed E-state index contributed by atoms with van der Waals surface area (Å²) in [6, 6.07) is 0. The number of ether oxygens (including phenoxy) is 2. The quantitative estimate of drug-likeness (QED) is 0.610. The molecule has 7 nitrogen and oxygen atoms in total. The fourth-order valence-corrected chi connectivity index (χ4v) is 2.12. The second-order valence-electron chi connectivity index (χ2n) is 5.56. The number of hydrogen-bond acceptors (Lipinski definition) is 5. The van der Waals surface area contributed by atoms with Crippen LogP contribution >= 0.6 is 15.9 Å². The van der Waals surface area contributed by atoms with Crippen LogP contribution in [0, 0.1) is 0 Å². The maximum Gasteiger partial charge on any atom is 0.407 e. The fraction of sp³-hybridized carbons (Fsp3) is 0.643. The van der Waals surface area contributed by atoms with E-state index in [1.807, 2.05) is 0 Å². The molecule has 0 unspecified atom stereocenters. The summed E-state index contributed by atoms with van der Waals surface area (Å²) in [7, 11) is 0. The van der Waals surface area contributed by atoms with Gasteiger partial charge >= 0.3 is 12.1 Å². The first kappa shape index (κ1) is 18.5. The van der Waals surface area contributed by atoms with Gasteiger partial charge in [0.15, 0.2) is 0 Å².